The fraction of sp³-hybridized carbons (Fsp3) is 0.300. The van der Waals surface area contributed by atoms with Crippen LogP contribution in [0.5, 0.6) is 0 Å². The van der Waals surface area contributed by atoms with Crippen molar-refractivity contribution in [1.82, 2.24) is 0 Å². The minimum atomic E-state index is -4.76. The van der Waals surface area contributed by atoms with Gasteiger partial charge in [-0.25, -0.2) is 9.36 Å². The van der Waals surface area contributed by atoms with E-state index >= 15 is 0 Å². The lowest BCUT2D eigenvalue weighted by molar-refractivity contribution is 0.0678. The number of aryl methyl sites for hydroxylation is 1. The zero-order chi connectivity index (χ0) is 12.2. The number of phosphoric acid groups is 1. The van der Waals surface area contributed by atoms with E-state index in [1.807, 2.05) is 6.92 Å². The number of carbonyl (C=O) groups is 1. The molecule has 6 heteroatoms. The van der Waals surface area contributed by atoms with Crippen molar-refractivity contribution in [1.29, 1.82) is 0 Å². The molecule has 0 amide bonds. The molecular formula is C10H13O5P. The summed E-state index contributed by atoms with van der Waals surface area (Å²) in [6.45, 7) is 2.04. The molecule has 88 valence electrons. The molecule has 0 aliphatic heterocycles. The Kier molecular flexibility index (Phi) is 4.24. The van der Waals surface area contributed by atoms with E-state index in [4.69, 9.17) is 9.79 Å². The van der Waals surface area contributed by atoms with E-state index in [1.54, 1.807) is 12.1 Å². The normalized spacial score (nSPS) is 11.2. The lowest BCUT2D eigenvalue weighted by atomic mass is 10.1. The number of phosphoric ester groups is 1. The number of carbonyl (C=O) groups excluding carboxylic acids is 1. The maximum Gasteiger partial charge on any atom is 0.527 e. The molecule has 0 fully saturated rings. The van der Waals surface area contributed by atoms with Crippen LogP contribution in [0.1, 0.15) is 29.3 Å². The summed E-state index contributed by atoms with van der Waals surface area (Å²) in [5.74, 6) is -1.02. The van der Waals surface area contributed by atoms with Gasteiger partial charge in [0.05, 0.1) is 5.56 Å². The van der Waals surface area contributed by atoms with Crippen LogP contribution >= 0.6 is 7.82 Å². The van der Waals surface area contributed by atoms with Crippen LogP contribution in [0.3, 0.4) is 0 Å². The lowest BCUT2D eigenvalue weighted by Crippen LogP contribution is -2.03. The van der Waals surface area contributed by atoms with Gasteiger partial charge in [-0.05, 0) is 24.1 Å². The van der Waals surface area contributed by atoms with E-state index in [0.717, 1.165) is 18.4 Å². The fourth-order valence-electron chi connectivity index (χ4n) is 1.26. The van der Waals surface area contributed by atoms with Crippen molar-refractivity contribution in [2.75, 3.05) is 0 Å². The van der Waals surface area contributed by atoms with Gasteiger partial charge < -0.3 is 4.52 Å². The molecule has 0 radical (unpaired) electrons. The summed E-state index contributed by atoms with van der Waals surface area (Å²) in [6.07, 6.45) is 1.89. The van der Waals surface area contributed by atoms with Gasteiger partial charge >= 0.3 is 13.8 Å². The first-order valence-corrected chi connectivity index (χ1v) is 6.34. The Hall–Kier alpha value is -1.16. The molecule has 0 aliphatic rings. The first kappa shape index (κ1) is 12.9. The topological polar surface area (TPSA) is 83.8 Å². The minimum absolute atomic E-state index is 0.128. The summed E-state index contributed by atoms with van der Waals surface area (Å²) in [5, 5.41) is 0. The Morgan fingerprint density at radius 1 is 1.31 bits per heavy atom. The van der Waals surface area contributed by atoms with E-state index in [1.165, 1.54) is 12.1 Å². The molecule has 0 saturated carbocycles. The van der Waals surface area contributed by atoms with Crippen LogP contribution in [0.25, 0.3) is 0 Å². The van der Waals surface area contributed by atoms with Crippen molar-refractivity contribution < 1.29 is 23.7 Å². The molecule has 0 saturated heterocycles. The van der Waals surface area contributed by atoms with Gasteiger partial charge in [0.25, 0.3) is 0 Å². The van der Waals surface area contributed by atoms with E-state index in [-0.39, 0.29) is 5.56 Å². The average Bonchev–Trinajstić information content (AvgIpc) is 2.16. The fourth-order valence-corrected chi connectivity index (χ4v) is 1.58. The van der Waals surface area contributed by atoms with Crippen LogP contribution in [0.15, 0.2) is 24.3 Å². The predicted octanol–water partition coefficient (Wildman–Crippen LogP) is 1.89. The summed E-state index contributed by atoms with van der Waals surface area (Å²) in [7, 11) is -4.76. The molecular weight excluding hydrogens is 231 g/mol. The predicted molar refractivity (Wildman–Crippen MR) is 57.9 cm³/mol. The quantitative estimate of drug-likeness (QED) is 0.790. The summed E-state index contributed by atoms with van der Waals surface area (Å²) >= 11 is 0. The number of benzene rings is 1. The molecule has 0 aliphatic carbocycles. The lowest BCUT2D eigenvalue weighted by Gasteiger charge is -2.05. The molecule has 0 atom stereocenters. The van der Waals surface area contributed by atoms with Crippen LogP contribution in [-0.4, -0.2) is 15.8 Å². The molecule has 2 N–H and O–H groups in total. The maximum atomic E-state index is 11.2. The van der Waals surface area contributed by atoms with E-state index in [0.29, 0.717) is 0 Å². The van der Waals surface area contributed by atoms with Crippen molar-refractivity contribution in [2.45, 2.75) is 19.8 Å². The van der Waals surface area contributed by atoms with Gasteiger partial charge in [-0.2, -0.15) is 0 Å². The minimum Gasteiger partial charge on any atom is -0.367 e. The van der Waals surface area contributed by atoms with Gasteiger partial charge in [0.2, 0.25) is 0 Å². The summed E-state index contributed by atoms with van der Waals surface area (Å²) < 4.78 is 14.4. The van der Waals surface area contributed by atoms with E-state index in [9.17, 15) is 9.36 Å². The third-order valence-corrected chi connectivity index (χ3v) is 2.33. The molecule has 1 rings (SSSR count). The third-order valence-electron chi connectivity index (χ3n) is 1.93. The second-order valence-electron chi connectivity index (χ2n) is 3.32. The Morgan fingerprint density at radius 3 is 2.31 bits per heavy atom. The van der Waals surface area contributed by atoms with Gasteiger partial charge in [0.1, 0.15) is 0 Å². The zero-order valence-electron chi connectivity index (χ0n) is 8.79. The van der Waals surface area contributed by atoms with E-state index in [2.05, 4.69) is 4.52 Å². The van der Waals surface area contributed by atoms with Gasteiger partial charge in [-0.1, -0.05) is 25.5 Å². The molecule has 0 spiro atoms. The number of hydrogen-bond acceptors (Lipinski definition) is 3. The number of hydrogen-bond donors (Lipinski definition) is 2. The standard InChI is InChI=1S/C10H13O5P/c1-2-3-8-4-6-9(7-5-8)10(11)15-16(12,13)14/h4-7H,2-3H2,1H3,(H2,12,13,14). The molecule has 0 bridgehead atoms. The highest BCUT2D eigenvalue weighted by Gasteiger charge is 2.21. The Morgan fingerprint density at radius 2 is 1.88 bits per heavy atom. The van der Waals surface area contributed by atoms with Crippen LogP contribution in [-0.2, 0) is 15.5 Å². The van der Waals surface area contributed by atoms with Crippen molar-refractivity contribution in [3.05, 3.63) is 35.4 Å². The van der Waals surface area contributed by atoms with Crippen molar-refractivity contribution in [2.24, 2.45) is 0 Å². The highest BCUT2D eigenvalue weighted by atomic mass is 31.2. The van der Waals surface area contributed by atoms with Gasteiger partial charge in [0.15, 0.2) is 0 Å². The Labute approximate surface area is 93.3 Å². The molecule has 0 aromatic heterocycles. The van der Waals surface area contributed by atoms with Crippen molar-refractivity contribution >= 4 is 13.8 Å². The first-order chi connectivity index (χ1) is 7.42. The summed E-state index contributed by atoms with van der Waals surface area (Å²) in [6, 6.07) is 6.45. The third kappa shape index (κ3) is 4.14. The molecule has 16 heavy (non-hydrogen) atoms. The van der Waals surface area contributed by atoms with Crippen LogP contribution < -0.4 is 0 Å². The Bertz CT molecular complexity index is 406. The van der Waals surface area contributed by atoms with Gasteiger partial charge in [-0.3, -0.25) is 9.79 Å². The SMILES string of the molecule is CCCc1ccc(C(=O)OP(=O)(O)O)cc1. The second kappa shape index (κ2) is 5.25. The van der Waals surface area contributed by atoms with Crippen molar-refractivity contribution in [3.63, 3.8) is 0 Å². The molecule has 1 aromatic carbocycles. The highest BCUT2D eigenvalue weighted by molar-refractivity contribution is 7.46. The average molecular weight is 244 g/mol. The molecule has 5 nitrogen and oxygen atoms in total. The van der Waals surface area contributed by atoms with Crippen molar-refractivity contribution in [3.8, 4) is 0 Å². The summed E-state index contributed by atoms with van der Waals surface area (Å²) in [5.41, 5.74) is 1.19. The maximum absolute atomic E-state index is 11.2. The molecule has 0 heterocycles. The van der Waals surface area contributed by atoms with Gasteiger partial charge in [0, 0.05) is 0 Å². The van der Waals surface area contributed by atoms with Crippen LogP contribution in [0.2, 0.25) is 0 Å². The number of rotatable bonds is 4. The summed E-state index contributed by atoms with van der Waals surface area (Å²) in [4.78, 5) is 28.1. The first-order valence-electron chi connectivity index (χ1n) is 4.81. The molecule has 0 unspecified atom stereocenters. The van der Waals surface area contributed by atoms with Crippen LogP contribution in [0.4, 0.5) is 0 Å². The van der Waals surface area contributed by atoms with E-state index < -0.39 is 13.8 Å². The van der Waals surface area contributed by atoms with Crippen LogP contribution in [0, 0.1) is 0 Å². The highest BCUT2D eigenvalue weighted by Crippen LogP contribution is 2.36. The molecule has 1 aromatic rings. The Balaban J connectivity index is 2.74. The largest absolute Gasteiger partial charge is 0.527 e. The van der Waals surface area contributed by atoms with Gasteiger partial charge in [-0.15, -0.1) is 0 Å². The second-order valence-corrected chi connectivity index (χ2v) is 4.48. The zero-order valence-corrected chi connectivity index (χ0v) is 9.68. The monoisotopic (exact) mass is 244 g/mol. The smallest absolute Gasteiger partial charge is 0.367 e.